The van der Waals surface area contributed by atoms with E-state index in [-0.39, 0.29) is 6.61 Å². The SMILES string of the molecule is CC(C)(C)OCC(=O)NS(C)(=O)=O. The van der Waals surface area contributed by atoms with E-state index in [0.29, 0.717) is 0 Å². The van der Waals surface area contributed by atoms with Gasteiger partial charge in [0.25, 0.3) is 5.91 Å². The van der Waals surface area contributed by atoms with Gasteiger partial charge in [-0.1, -0.05) is 0 Å². The number of hydrogen-bond donors (Lipinski definition) is 1. The van der Waals surface area contributed by atoms with Crippen molar-refractivity contribution in [1.82, 2.24) is 4.72 Å². The molecule has 0 saturated heterocycles. The highest BCUT2D eigenvalue weighted by Gasteiger charge is 2.14. The summed E-state index contributed by atoms with van der Waals surface area (Å²) in [6.45, 7) is 5.08. The van der Waals surface area contributed by atoms with Crippen LogP contribution in [0.5, 0.6) is 0 Å². The first-order chi connectivity index (χ1) is 5.60. The molecule has 0 aromatic rings. The molecule has 0 radical (unpaired) electrons. The molecule has 0 rings (SSSR count). The van der Waals surface area contributed by atoms with Crippen molar-refractivity contribution in [3.8, 4) is 0 Å². The fourth-order valence-corrected chi connectivity index (χ4v) is 0.991. The standard InChI is InChI=1S/C7H15NO4S/c1-7(2,3)12-5-6(9)8-13(4,10)11/h5H2,1-4H3,(H,8,9). The summed E-state index contributed by atoms with van der Waals surface area (Å²) in [5, 5.41) is 0. The van der Waals surface area contributed by atoms with Crippen LogP contribution in [0.3, 0.4) is 0 Å². The summed E-state index contributed by atoms with van der Waals surface area (Å²) < 4.78 is 28.0. The number of rotatable bonds is 3. The number of carbonyl (C=O) groups is 1. The molecule has 5 nitrogen and oxygen atoms in total. The lowest BCUT2D eigenvalue weighted by Crippen LogP contribution is -2.35. The van der Waals surface area contributed by atoms with Crippen LogP contribution >= 0.6 is 0 Å². The van der Waals surface area contributed by atoms with Gasteiger partial charge in [-0.2, -0.15) is 0 Å². The lowest BCUT2D eigenvalue weighted by molar-refractivity contribution is -0.128. The molecule has 0 bridgehead atoms. The smallest absolute Gasteiger partial charge is 0.259 e. The maximum Gasteiger partial charge on any atom is 0.259 e. The van der Waals surface area contributed by atoms with E-state index in [1.54, 1.807) is 25.5 Å². The highest BCUT2D eigenvalue weighted by Crippen LogP contribution is 2.05. The van der Waals surface area contributed by atoms with Crippen molar-refractivity contribution in [2.45, 2.75) is 26.4 Å². The van der Waals surface area contributed by atoms with Crippen LogP contribution in [0.15, 0.2) is 0 Å². The first kappa shape index (κ1) is 12.4. The van der Waals surface area contributed by atoms with Crippen LogP contribution in [0, 0.1) is 0 Å². The largest absolute Gasteiger partial charge is 0.366 e. The van der Waals surface area contributed by atoms with Crippen LogP contribution in [-0.4, -0.2) is 32.8 Å². The summed E-state index contributed by atoms with van der Waals surface area (Å²) in [5.74, 6) is -0.655. The van der Waals surface area contributed by atoms with Crippen molar-refractivity contribution < 1.29 is 17.9 Å². The van der Waals surface area contributed by atoms with E-state index in [9.17, 15) is 13.2 Å². The van der Waals surface area contributed by atoms with Crippen molar-refractivity contribution >= 4 is 15.9 Å². The van der Waals surface area contributed by atoms with Crippen molar-refractivity contribution in [3.63, 3.8) is 0 Å². The average Bonchev–Trinajstić information content (AvgIpc) is 1.78. The van der Waals surface area contributed by atoms with E-state index in [1.165, 1.54) is 0 Å². The van der Waals surface area contributed by atoms with Crippen molar-refractivity contribution in [2.75, 3.05) is 12.9 Å². The molecule has 13 heavy (non-hydrogen) atoms. The van der Waals surface area contributed by atoms with Crippen LogP contribution in [0.1, 0.15) is 20.8 Å². The molecule has 6 heteroatoms. The Labute approximate surface area is 78.5 Å². The molecule has 78 valence electrons. The lowest BCUT2D eigenvalue weighted by atomic mass is 10.2. The van der Waals surface area contributed by atoms with E-state index in [2.05, 4.69) is 0 Å². The minimum atomic E-state index is -3.47. The summed E-state index contributed by atoms with van der Waals surface area (Å²) in [6.07, 6.45) is 0.919. The molecule has 0 aliphatic heterocycles. The number of nitrogens with one attached hydrogen (secondary N) is 1. The third kappa shape index (κ3) is 9.29. The summed E-state index contributed by atoms with van der Waals surface area (Å²) >= 11 is 0. The van der Waals surface area contributed by atoms with E-state index >= 15 is 0 Å². The monoisotopic (exact) mass is 209 g/mol. The number of ether oxygens (including phenoxy) is 1. The fourth-order valence-electron chi connectivity index (χ4n) is 0.518. The Morgan fingerprint density at radius 1 is 1.38 bits per heavy atom. The summed E-state index contributed by atoms with van der Waals surface area (Å²) in [6, 6.07) is 0. The van der Waals surface area contributed by atoms with Gasteiger partial charge in [-0.3, -0.25) is 9.52 Å². The van der Waals surface area contributed by atoms with Gasteiger partial charge in [0.2, 0.25) is 10.0 Å². The van der Waals surface area contributed by atoms with E-state index in [4.69, 9.17) is 4.74 Å². The maximum absolute atomic E-state index is 10.9. The average molecular weight is 209 g/mol. The molecule has 0 aromatic carbocycles. The Bertz CT molecular complexity index is 275. The highest BCUT2D eigenvalue weighted by molar-refractivity contribution is 7.89. The number of hydrogen-bond acceptors (Lipinski definition) is 4. The van der Waals surface area contributed by atoms with E-state index in [1.807, 2.05) is 0 Å². The second-order valence-corrected chi connectivity index (χ2v) is 5.45. The minimum absolute atomic E-state index is 0.253. The second-order valence-electron chi connectivity index (χ2n) is 3.70. The van der Waals surface area contributed by atoms with Crippen LogP contribution in [0.25, 0.3) is 0 Å². The predicted octanol–water partition coefficient (Wildman–Crippen LogP) is -0.123. The van der Waals surface area contributed by atoms with Gasteiger partial charge < -0.3 is 4.74 Å². The molecule has 0 saturated carbocycles. The fraction of sp³-hybridized carbons (Fsp3) is 0.857. The molecular formula is C7H15NO4S. The number of carbonyl (C=O) groups excluding carboxylic acids is 1. The molecule has 0 fully saturated rings. The number of sulfonamides is 1. The molecule has 0 aromatic heterocycles. The Morgan fingerprint density at radius 2 is 1.85 bits per heavy atom. The topological polar surface area (TPSA) is 72.5 Å². The quantitative estimate of drug-likeness (QED) is 0.703. The zero-order valence-corrected chi connectivity index (χ0v) is 9.06. The highest BCUT2D eigenvalue weighted by atomic mass is 32.2. The lowest BCUT2D eigenvalue weighted by Gasteiger charge is -2.18. The molecule has 1 amide bonds. The van der Waals surface area contributed by atoms with Gasteiger partial charge in [0.1, 0.15) is 6.61 Å². The molecule has 0 aliphatic carbocycles. The van der Waals surface area contributed by atoms with E-state index in [0.717, 1.165) is 6.26 Å². The van der Waals surface area contributed by atoms with Gasteiger partial charge in [-0.25, -0.2) is 8.42 Å². The molecule has 0 heterocycles. The van der Waals surface area contributed by atoms with Gasteiger partial charge in [0.05, 0.1) is 11.9 Å². The van der Waals surface area contributed by atoms with Crippen LogP contribution in [0.2, 0.25) is 0 Å². The molecule has 1 N–H and O–H groups in total. The molecule has 0 aliphatic rings. The van der Waals surface area contributed by atoms with E-state index < -0.39 is 21.5 Å². The Hall–Kier alpha value is -0.620. The van der Waals surface area contributed by atoms with Gasteiger partial charge >= 0.3 is 0 Å². The third-order valence-electron chi connectivity index (χ3n) is 0.936. The molecular weight excluding hydrogens is 194 g/mol. The zero-order chi connectivity index (χ0) is 10.7. The maximum atomic E-state index is 10.9. The molecule has 0 spiro atoms. The number of amides is 1. The summed E-state index contributed by atoms with van der Waals surface area (Å²) in [7, 11) is -3.47. The van der Waals surface area contributed by atoms with Crippen LogP contribution in [0.4, 0.5) is 0 Å². The van der Waals surface area contributed by atoms with Crippen molar-refractivity contribution in [2.24, 2.45) is 0 Å². The van der Waals surface area contributed by atoms with Gasteiger partial charge in [0, 0.05) is 0 Å². The van der Waals surface area contributed by atoms with Crippen LogP contribution < -0.4 is 4.72 Å². The van der Waals surface area contributed by atoms with Crippen LogP contribution in [-0.2, 0) is 19.6 Å². The summed E-state index contributed by atoms with van der Waals surface area (Å²) in [5.41, 5.74) is -0.450. The second kappa shape index (κ2) is 4.06. The minimum Gasteiger partial charge on any atom is -0.366 e. The first-order valence-corrected chi connectivity index (χ1v) is 5.64. The zero-order valence-electron chi connectivity index (χ0n) is 8.25. The Balaban J connectivity index is 3.92. The normalized spacial score (nSPS) is 12.6. The van der Waals surface area contributed by atoms with Gasteiger partial charge in [0.15, 0.2) is 0 Å². The molecule has 0 atom stereocenters. The Kier molecular flexibility index (Phi) is 3.87. The molecule has 0 unspecified atom stereocenters. The first-order valence-electron chi connectivity index (χ1n) is 3.75. The third-order valence-corrected chi connectivity index (χ3v) is 1.53. The van der Waals surface area contributed by atoms with Crippen molar-refractivity contribution in [1.29, 1.82) is 0 Å². The predicted molar refractivity (Wildman–Crippen MR) is 48.7 cm³/mol. The van der Waals surface area contributed by atoms with Crippen molar-refractivity contribution in [3.05, 3.63) is 0 Å². The summed E-state index contributed by atoms with van der Waals surface area (Å²) in [4.78, 5) is 10.9. The van der Waals surface area contributed by atoms with Gasteiger partial charge in [-0.05, 0) is 20.8 Å². The Morgan fingerprint density at radius 3 is 2.15 bits per heavy atom. The van der Waals surface area contributed by atoms with Gasteiger partial charge in [-0.15, -0.1) is 0 Å².